The molecule has 0 unspecified atom stereocenters. The van der Waals surface area contributed by atoms with Gasteiger partial charge in [0.15, 0.2) is 5.76 Å². The topological polar surface area (TPSA) is 60.5 Å². The predicted octanol–water partition coefficient (Wildman–Crippen LogP) is 3.13. The van der Waals surface area contributed by atoms with Crippen LogP contribution in [0.5, 0.6) is 0 Å². The van der Waals surface area contributed by atoms with Crippen LogP contribution in [0.2, 0.25) is 0 Å². The zero-order valence-electron chi connectivity index (χ0n) is 13.1. The zero-order valence-corrected chi connectivity index (χ0v) is 13.1. The van der Waals surface area contributed by atoms with Gasteiger partial charge in [-0.2, -0.15) is 18.4 Å². The van der Waals surface area contributed by atoms with Gasteiger partial charge in [0.1, 0.15) is 0 Å². The third-order valence-electron chi connectivity index (χ3n) is 4.09. The zero-order chi connectivity index (χ0) is 18.0. The molecule has 25 heavy (non-hydrogen) atoms. The fourth-order valence-electron chi connectivity index (χ4n) is 2.78. The summed E-state index contributed by atoms with van der Waals surface area (Å²) in [6, 6.07) is 8.43. The average Bonchev–Trinajstić information content (AvgIpc) is 3.14. The monoisotopic (exact) mass is 349 g/mol. The standard InChI is InChI=1S/C17H14F3N3O2/c18-17(19,20)14-10-13(4-3-12(14)11-21)22-5-7-23(8-6-22)16(24)15-2-1-9-25-15/h1-4,9-10H,5-8H2. The maximum absolute atomic E-state index is 13.1. The van der Waals surface area contributed by atoms with Crippen molar-refractivity contribution >= 4 is 11.6 Å². The number of nitriles is 1. The van der Waals surface area contributed by atoms with E-state index in [-0.39, 0.29) is 11.7 Å². The molecule has 1 aliphatic rings. The number of halogens is 3. The number of hydrogen-bond acceptors (Lipinski definition) is 4. The summed E-state index contributed by atoms with van der Waals surface area (Å²) in [6.07, 6.45) is -3.17. The third kappa shape index (κ3) is 3.45. The van der Waals surface area contributed by atoms with E-state index in [2.05, 4.69) is 0 Å². The highest BCUT2D eigenvalue weighted by Gasteiger charge is 2.34. The fraction of sp³-hybridized carbons (Fsp3) is 0.294. The summed E-state index contributed by atoms with van der Waals surface area (Å²) >= 11 is 0. The van der Waals surface area contributed by atoms with Gasteiger partial charge in [0.25, 0.3) is 5.91 Å². The highest BCUT2D eigenvalue weighted by molar-refractivity contribution is 5.91. The van der Waals surface area contributed by atoms with Crippen molar-refractivity contribution in [1.82, 2.24) is 4.90 Å². The van der Waals surface area contributed by atoms with Crippen LogP contribution in [0.15, 0.2) is 41.0 Å². The second kappa shape index (κ2) is 6.51. The minimum atomic E-state index is -4.59. The van der Waals surface area contributed by atoms with Crippen LogP contribution >= 0.6 is 0 Å². The summed E-state index contributed by atoms with van der Waals surface area (Å²) in [5, 5.41) is 8.85. The van der Waals surface area contributed by atoms with Crippen LogP contribution < -0.4 is 4.90 Å². The van der Waals surface area contributed by atoms with Crippen molar-refractivity contribution in [1.29, 1.82) is 5.26 Å². The van der Waals surface area contributed by atoms with E-state index in [4.69, 9.17) is 9.68 Å². The highest BCUT2D eigenvalue weighted by atomic mass is 19.4. The molecule has 1 aromatic heterocycles. The van der Waals surface area contributed by atoms with Crippen LogP contribution in [0.4, 0.5) is 18.9 Å². The Hall–Kier alpha value is -2.95. The fourth-order valence-corrected chi connectivity index (χ4v) is 2.78. The van der Waals surface area contributed by atoms with Gasteiger partial charge in [-0.3, -0.25) is 4.79 Å². The molecule has 0 spiro atoms. The first-order valence-corrected chi connectivity index (χ1v) is 7.59. The summed E-state index contributed by atoms with van der Waals surface area (Å²) in [5.41, 5.74) is -0.958. The number of nitrogens with zero attached hydrogens (tertiary/aromatic N) is 3. The number of carbonyl (C=O) groups is 1. The molecule has 0 aliphatic carbocycles. The number of rotatable bonds is 2. The molecule has 1 fully saturated rings. The first kappa shape index (κ1) is 16.9. The van der Waals surface area contributed by atoms with Crippen molar-refractivity contribution in [2.45, 2.75) is 6.18 Å². The number of anilines is 1. The van der Waals surface area contributed by atoms with Gasteiger partial charge in [0, 0.05) is 31.9 Å². The Morgan fingerprint density at radius 1 is 1.16 bits per heavy atom. The van der Waals surface area contributed by atoms with E-state index in [0.29, 0.717) is 31.9 Å². The Morgan fingerprint density at radius 2 is 1.88 bits per heavy atom. The molecule has 0 saturated carbocycles. The molecule has 1 saturated heterocycles. The number of amides is 1. The second-order valence-electron chi connectivity index (χ2n) is 5.60. The van der Waals surface area contributed by atoms with E-state index in [1.54, 1.807) is 28.0 Å². The van der Waals surface area contributed by atoms with Gasteiger partial charge in [-0.15, -0.1) is 0 Å². The molecular weight excluding hydrogens is 335 g/mol. The van der Waals surface area contributed by atoms with Crippen LogP contribution in [0.25, 0.3) is 0 Å². The van der Waals surface area contributed by atoms with Gasteiger partial charge < -0.3 is 14.2 Å². The number of hydrogen-bond donors (Lipinski definition) is 0. The molecule has 3 rings (SSSR count). The summed E-state index contributed by atoms with van der Waals surface area (Å²) in [4.78, 5) is 15.6. The molecular formula is C17H14F3N3O2. The predicted molar refractivity (Wildman–Crippen MR) is 83.0 cm³/mol. The van der Waals surface area contributed by atoms with E-state index in [1.165, 1.54) is 18.4 Å². The first-order valence-electron chi connectivity index (χ1n) is 7.59. The quantitative estimate of drug-likeness (QED) is 0.836. The summed E-state index contributed by atoms with van der Waals surface area (Å²) in [7, 11) is 0. The van der Waals surface area contributed by atoms with Crippen molar-refractivity contribution in [2.75, 3.05) is 31.1 Å². The number of carbonyl (C=O) groups excluding carboxylic acids is 1. The van der Waals surface area contributed by atoms with Gasteiger partial charge in [0.05, 0.1) is 23.5 Å². The molecule has 130 valence electrons. The van der Waals surface area contributed by atoms with Crippen molar-refractivity contribution in [2.24, 2.45) is 0 Å². The Balaban J connectivity index is 1.73. The Morgan fingerprint density at radius 3 is 2.44 bits per heavy atom. The molecule has 0 radical (unpaired) electrons. The Bertz CT molecular complexity index is 802. The number of benzene rings is 1. The molecule has 0 bridgehead atoms. The lowest BCUT2D eigenvalue weighted by Crippen LogP contribution is -2.48. The summed E-state index contributed by atoms with van der Waals surface area (Å²) in [5.74, 6) is 0.00615. The summed E-state index contributed by atoms with van der Waals surface area (Å²) in [6.45, 7) is 1.55. The van der Waals surface area contributed by atoms with Crippen molar-refractivity contribution < 1.29 is 22.4 Å². The molecule has 1 aliphatic heterocycles. The van der Waals surface area contributed by atoms with E-state index >= 15 is 0 Å². The van der Waals surface area contributed by atoms with Crippen LogP contribution in [0.3, 0.4) is 0 Å². The molecule has 0 atom stereocenters. The van der Waals surface area contributed by atoms with Gasteiger partial charge in [-0.25, -0.2) is 0 Å². The number of piperazine rings is 1. The lowest BCUT2D eigenvalue weighted by Gasteiger charge is -2.36. The van der Waals surface area contributed by atoms with E-state index in [1.807, 2.05) is 0 Å². The maximum Gasteiger partial charge on any atom is 0.417 e. The minimum Gasteiger partial charge on any atom is -0.459 e. The van der Waals surface area contributed by atoms with Crippen LogP contribution in [0, 0.1) is 11.3 Å². The third-order valence-corrected chi connectivity index (χ3v) is 4.09. The lowest BCUT2D eigenvalue weighted by molar-refractivity contribution is -0.137. The van der Waals surface area contributed by atoms with Gasteiger partial charge in [0.2, 0.25) is 0 Å². The average molecular weight is 349 g/mol. The Kier molecular flexibility index (Phi) is 4.40. The second-order valence-corrected chi connectivity index (χ2v) is 5.60. The van der Waals surface area contributed by atoms with Gasteiger partial charge in [-0.05, 0) is 30.3 Å². The molecule has 2 heterocycles. The highest BCUT2D eigenvalue weighted by Crippen LogP contribution is 2.34. The van der Waals surface area contributed by atoms with E-state index in [0.717, 1.165) is 6.07 Å². The first-order chi connectivity index (χ1) is 11.9. The smallest absolute Gasteiger partial charge is 0.417 e. The normalized spacial score (nSPS) is 15.1. The van der Waals surface area contributed by atoms with Gasteiger partial charge in [-0.1, -0.05) is 0 Å². The molecule has 1 amide bonds. The van der Waals surface area contributed by atoms with Crippen LogP contribution in [-0.4, -0.2) is 37.0 Å². The summed E-state index contributed by atoms with van der Waals surface area (Å²) < 4.78 is 44.3. The molecule has 2 aromatic rings. The van der Waals surface area contributed by atoms with Crippen LogP contribution in [0.1, 0.15) is 21.7 Å². The lowest BCUT2D eigenvalue weighted by atomic mass is 10.1. The van der Waals surface area contributed by atoms with Crippen LogP contribution in [-0.2, 0) is 6.18 Å². The van der Waals surface area contributed by atoms with E-state index < -0.39 is 17.3 Å². The van der Waals surface area contributed by atoms with Gasteiger partial charge >= 0.3 is 6.18 Å². The van der Waals surface area contributed by atoms with Crippen molar-refractivity contribution in [3.63, 3.8) is 0 Å². The van der Waals surface area contributed by atoms with Crippen molar-refractivity contribution in [3.05, 3.63) is 53.5 Å². The number of furan rings is 1. The molecule has 5 nitrogen and oxygen atoms in total. The SMILES string of the molecule is N#Cc1ccc(N2CCN(C(=O)c3ccco3)CC2)cc1C(F)(F)F. The minimum absolute atomic E-state index is 0.236. The van der Waals surface area contributed by atoms with E-state index in [9.17, 15) is 18.0 Å². The van der Waals surface area contributed by atoms with Crippen molar-refractivity contribution in [3.8, 4) is 6.07 Å². The molecule has 1 aromatic carbocycles. The molecule has 0 N–H and O–H groups in total. The molecule has 8 heteroatoms. The Labute approximate surface area is 141 Å². The largest absolute Gasteiger partial charge is 0.459 e. The maximum atomic E-state index is 13.1. The number of alkyl halides is 3.